The number of nitrogens with one attached hydrogen (secondary N) is 1. The number of nitrogens with zero attached hydrogens (tertiary/aromatic N) is 3. The van der Waals surface area contributed by atoms with E-state index in [9.17, 15) is 13.2 Å². The molecular formula is C22H28N4O3S. The number of amides is 1. The van der Waals surface area contributed by atoms with Gasteiger partial charge >= 0.3 is 0 Å². The van der Waals surface area contributed by atoms with E-state index in [2.05, 4.69) is 29.3 Å². The maximum Gasteiger partial charge on any atom is 0.271 e. The summed E-state index contributed by atoms with van der Waals surface area (Å²) >= 11 is 0. The molecule has 2 aromatic rings. The summed E-state index contributed by atoms with van der Waals surface area (Å²) in [5.41, 5.74) is 4.72. The molecule has 0 spiro atoms. The molecule has 8 heteroatoms. The van der Waals surface area contributed by atoms with Crippen molar-refractivity contribution in [2.24, 2.45) is 5.10 Å². The molecular weight excluding hydrogens is 400 g/mol. The van der Waals surface area contributed by atoms with E-state index in [1.54, 1.807) is 18.3 Å². The van der Waals surface area contributed by atoms with Crippen LogP contribution in [0, 0.1) is 0 Å². The fraction of sp³-hybridized carbons (Fsp3) is 0.364. The van der Waals surface area contributed by atoms with Crippen LogP contribution >= 0.6 is 0 Å². The highest BCUT2D eigenvalue weighted by Crippen LogP contribution is 2.21. The van der Waals surface area contributed by atoms with Crippen molar-refractivity contribution in [3.05, 3.63) is 59.7 Å². The third-order valence-corrected chi connectivity index (χ3v) is 7.10. The van der Waals surface area contributed by atoms with E-state index in [0.717, 1.165) is 37.2 Å². The quantitative estimate of drug-likeness (QED) is 0.517. The van der Waals surface area contributed by atoms with Crippen LogP contribution in [0.4, 0.5) is 5.69 Å². The van der Waals surface area contributed by atoms with Crippen molar-refractivity contribution < 1.29 is 13.2 Å². The van der Waals surface area contributed by atoms with Crippen molar-refractivity contribution in [2.45, 2.75) is 31.6 Å². The molecule has 0 radical (unpaired) electrons. The van der Waals surface area contributed by atoms with E-state index in [1.807, 2.05) is 24.3 Å². The van der Waals surface area contributed by atoms with E-state index in [0.29, 0.717) is 13.1 Å². The average Bonchev–Trinajstić information content (AvgIpc) is 3.31. The summed E-state index contributed by atoms with van der Waals surface area (Å²) in [7, 11) is -3.56. The molecule has 1 N–H and O–H groups in total. The third-order valence-electron chi connectivity index (χ3n) is 5.20. The Morgan fingerprint density at radius 1 is 1.10 bits per heavy atom. The van der Waals surface area contributed by atoms with Gasteiger partial charge in [-0.3, -0.25) is 4.79 Å². The zero-order chi connectivity index (χ0) is 21.6. The Labute approximate surface area is 178 Å². The van der Waals surface area contributed by atoms with E-state index in [4.69, 9.17) is 0 Å². The SMILES string of the molecule is CCN(CC)c1ccc(C=NNC(=O)c2cccc(S(=O)(=O)N3CCCC3)c2)cc1. The molecule has 2 aromatic carbocycles. The second-order valence-electron chi connectivity index (χ2n) is 7.10. The molecule has 30 heavy (non-hydrogen) atoms. The molecule has 7 nitrogen and oxygen atoms in total. The van der Waals surface area contributed by atoms with Gasteiger partial charge in [-0.1, -0.05) is 18.2 Å². The predicted octanol–water partition coefficient (Wildman–Crippen LogP) is 3.08. The number of hydrazone groups is 1. The first-order chi connectivity index (χ1) is 14.5. The van der Waals surface area contributed by atoms with Gasteiger partial charge in [-0.15, -0.1) is 0 Å². The summed E-state index contributed by atoms with van der Waals surface area (Å²) in [6.07, 6.45) is 3.29. The van der Waals surface area contributed by atoms with Crippen molar-refractivity contribution in [1.29, 1.82) is 0 Å². The van der Waals surface area contributed by atoms with Gasteiger partial charge in [0.05, 0.1) is 11.1 Å². The average molecular weight is 429 g/mol. The van der Waals surface area contributed by atoms with E-state index in [1.165, 1.54) is 16.4 Å². The van der Waals surface area contributed by atoms with Crippen LogP contribution in [0.25, 0.3) is 0 Å². The zero-order valence-corrected chi connectivity index (χ0v) is 18.2. The first kappa shape index (κ1) is 22.0. The summed E-state index contributed by atoms with van der Waals surface area (Å²) in [5.74, 6) is -0.454. The van der Waals surface area contributed by atoms with Gasteiger partial charge < -0.3 is 4.90 Å². The van der Waals surface area contributed by atoms with Gasteiger partial charge in [-0.2, -0.15) is 9.41 Å². The molecule has 1 amide bonds. The van der Waals surface area contributed by atoms with Gasteiger partial charge in [0.2, 0.25) is 10.0 Å². The van der Waals surface area contributed by atoms with Gasteiger partial charge in [0.25, 0.3) is 5.91 Å². The molecule has 0 atom stereocenters. The fourth-order valence-electron chi connectivity index (χ4n) is 3.47. The molecule has 1 fully saturated rings. The van der Waals surface area contributed by atoms with Gasteiger partial charge in [0, 0.05) is 37.4 Å². The van der Waals surface area contributed by atoms with Crippen molar-refractivity contribution >= 4 is 27.8 Å². The smallest absolute Gasteiger partial charge is 0.271 e. The zero-order valence-electron chi connectivity index (χ0n) is 17.4. The van der Waals surface area contributed by atoms with Crippen LogP contribution in [0.15, 0.2) is 58.5 Å². The standard InChI is InChI=1S/C22H28N4O3S/c1-3-25(4-2)20-12-10-18(11-13-20)17-23-24-22(27)19-8-7-9-21(16-19)30(28,29)26-14-5-6-15-26/h7-13,16-17H,3-6,14-15H2,1-2H3,(H,24,27). The second kappa shape index (κ2) is 9.86. The Morgan fingerprint density at radius 2 is 1.77 bits per heavy atom. The summed E-state index contributed by atoms with van der Waals surface area (Å²) in [4.78, 5) is 14.8. The number of carbonyl (C=O) groups excluding carboxylic acids is 1. The second-order valence-corrected chi connectivity index (χ2v) is 9.04. The maximum absolute atomic E-state index is 12.7. The Balaban J connectivity index is 1.65. The minimum Gasteiger partial charge on any atom is -0.372 e. The van der Waals surface area contributed by atoms with Crippen LogP contribution in [0.2, 0.25) is 0 Å². The molecule has 0 saturated carbocycles. The molecule has 0 aromatic heterocycles. The lowest BCUT2D eigenvalue weighted by Gasteiger charge is -2.20. The molecule has 1 aliphatic heterocycles. The van der Waals surface area contributed by atoms with Crippen molar-refractivity contribution in [3.8, 4) is 0 Å². The lowest BCUT2D eigenvalue weighted by molar-refractivity contribution is 0.0955. The molecule has 0 unspecified atom stereocenters. The third kappa shape index (κ3) is 5.06. The number of hydrogen-bond acceptors (Lipinski definition) is 5. The van der Waals surface area contributed by atoms with Crippen molar-refractivity contribution in [3.63, 3.8) is 0 Å². The molecule has 1 aliphatic rings. The van der Waals surface area contributed by atoms with Crippen LogP contribution in [-0.2, 0) is 10.0 Å². The largest absolute Gasteiger partial charge is 0.372 e. The van der Waals surface area contributed by atoms with Crippen LogP contribution in [0.1, 0.15) is 42.6 Å². The first-order valence-electron chi connectivity index (χ1n) is 10.2. The van der Waals surface area contributed by atoms with Crippen LogP contribution in [0.5, 0.6) is 0 Å². The predicted molar refractivity (Wildman–Crippen MR) is 119 cm³/mol. The Hall–Kier alpha value is -2.71. The van der Waals surface area contributed by atoms with Crippen LogP contribution in [-0.4, -0.2) is 51.0 Å². The first-order valence-corrected chi connectivity index (χ1v) is 11.7. The highest BCUT2D eigenvalue weighted by molar-refractivity contribution is 7.89. The Kier molecular flexibility index (Phi) is 7.23. The molecule has 1 heterocycles. The number of sulfonamides is 1. The van der Waals surface area contributed by atoms with E-state index < -0.39 is 15.9 Å². The fourth-order valence-corrected chi connectivity index (χ4v) is 5.03. The summed E-state index contributed by atoms with van der Waals surface area (Å²) in [6.45, 7) is 7.14. The van der Waals surface area contributed by atoms with E-state index in [-0.39, 0.29) is 10.5 Å². The Bertz CT molecular complexity index is 993. The van der Waals surface area contributed by atoms with Crippen LogP contribution in [0.3, 0.4) is 0 Å². The monoisotopic (exact) mass is 428 g/mol. The molecule has 1 saturated heterocycles. The summed E-state index contributed by atoms with van der Waals surface area (Å²) < 4.78 is 26.8. The van der Waals surface area contributed by atoms with E-state index >= 15 is 0 Å². The molecule has 3 rings (SSSR count). The number of rotatable bonds is 8. The normalized spacial score (nSPS) is 14.9. The molecule has 160 valence electrons. The lowest BCUT2D eigenvalue weighted by atomic mass is 10.2. The molecule has 0 bridgehead atoms. The lowest BCUT2D eigenvalue weighted by Crippen LogP contribution is -2.28. The van der Waals surface area contributed by atoms with Gasteiger partial charge in [-0.05, 0) is 62.6 Å². The number of hydrogen-bond donors (Lipinski definition) is 1. The topological polar surface area (TPSA) is 82.1 Å². The minimum absolute atomic E-state index is 0.132. The van der Waals surface area contributed by atoms with Gasteiger partial charge in [-0.25, -0.2) is 13.8 Å². The maximum atomic E-state index is 12.7. The summed E-state index contributed by atoms with van der Waals surface area (Å²) in [5, 5.41) is 4.00. The number of carbonyl (C=O) groups is 1. The van der Waals surface area contributed by atoms with Gasteiger partial charge in [0.15, 0.2) is 0 Å². The minimum atomic E-state index is -3.56. The highest BCUT2D eigenvalue weighted by Gasteiger charge is 2.27. The molecule has 0 aliphatic carbocycles. The van der Waals surface area contributed by atoms with Crippen LogP contribution < -0.4 is 10.3 Å². The van der Waals surface area contributed by atoms with Crippen molar-refractivity contribution in [2.75, 3.05) is 31.1 Å². The number of anilines is 1. The van der Waals surface area contributed by atoms with Gasteiger partial charge in [0.1, 0.15) is 0 Å². The van der Waals surface area contributed by atoms with Crippen molar-refractivity contribution in [1.82, 2.24) is 9.73 Å². The summed E-state index contributed by atoms with van der Waals surface area (Å²) in [6, 6.07) is 14.0. The highest BCUT2D eigenvalue weighted by atomic mass is 32.2. The Morgan fingerprint density at radius 3 is 2.40 bits per heavy atom. The number of benzene rings is 2.